The van der Waals surface area contributed by atoms with Gasteiger partial charge in [0, 0.05) is 30.9 Å². The summed E-state index contributed by atoms with van der Waals surface area (Å²) in [6.07, 6.45) is 3.86. The first-order chi connectivity index (χ1) is 16.9. The molecule has 0 unspecified atom stereocenters. The summed E-state index contributed by atoms with van der Waals surface area (Å²) in [7, 11) is 1.64. The van der Waals surface area contributed by atoms with Gasteiger partial charge in [-0.1, -0.05) is 48.0 Å². The van der Waals surface area contributed by atoms with Crippen LogP contribution in [0.25, 0.3) is 21.8 Å². The van der Waals surface area contributed by atoms with Crippen molar-refractivity contribution in [3.05, 3.63) is 76.2 Å². The fraction of sp³-hybridized carbons (Fsp3) is 0.393. The van der Waals surface area contributed by atoms with Gasteiger partial charge >= 0.3 is 0 Å². The molecule has 2 aromatic heterocycles. The molecule has 0 spiro atoms. The Morgan fingerprint density at radius 2 is 1.80 bits per heavy atom. The van der Waals surface area contributed by atoms with Gasteiger partial charge in [0.05, 0.1) is 11.7 Å². The number of rotatable bonds is 6. The van der Waals surface area contributed by atoms with Crippen LogP contribution in [0.2, 0.25) is 0 Å². The summed E-state index contributed by atoms with van der Waals surface area (Å²) in [4.78, 5) is 28.7. The van der Waals surface area contributed by atoms with Crippen molar-refractivity contribution < 1.29 is 4.79 Å². The molecule has 182 valence electrons. The average Bonchev–Trinajstić information content (AvgIpc) is 3.21. The molecule has 4 aromatic rings. The van der Waals surface area contributed by atoms with Crippen molar-refractivity contribution in [3.8, 4) is 0 Å². The molecular weight excluding hydrogens is 438 g/mol. The maximum atomic E-state index is 13.2. The van der Waals surface area contributed by atoms with Crippen LogP contribution in [0.4, 0.5) is 0 Å². The van der Waals surface area contributed by atoms with Crippen molar-refractivity contribution in [3.63, 3.8) is 0 Å². The number of carbonyl (C=O) groups excluding carboxylic acids is 1. The van der Waals surface area contributed by atoms with E-state index >= 15 is 0 Å². The van der Waals surface area contributed by atoms with Gasteiger partial charge < -0.3 is 9.88 Å². The van der Waals surface area contributed by atoms with Gasteiger partial charge in [-0.25, -0.2) is 4.68 Å². The van der Waals surface area contributed by atoms with Crippen molar-refractivity contribution in [2.24, 2.45) is 13.0 Å². The minimum absolute atomic E-state index is 0.0615. The topological polar surface area (TPSA) is 72.2 Å². The molecule has 1 N–H and O–H groups in total. The zero-order chi connectivity index (χ0) is 24.5. The van der Waals surface area contributed by atoms with E-state index in [0.717, 1.165) is 48.8 Å². The molecule has 35 heavy (non-hydrogen) atoms. The third kappa shape index (κ3) is 4.60. The van der Waals surface area contributed by atoms with E-state index in [-0.39, 0.29) is 11.5 Å². The van der Waals surface area contributed by atoms with Crippen molar-refractivity contribution >= 4 is 27.7 Å². The summed E-state index contributed by atoms with van der Waals surface area (Å²) in [5, 5.41) is 9.09. The first-order valence-corrected chi connectivity index (χ1v) is 12.4. The number of nitrogens with one attached hydrogen (secondary N) is 1. The number of aryl methyl sites for hydroxylation is 2. The van der Waals surface area contributed by atoms with Crippen LogP contribution in [-0.4, -0.2) is 44.8 Å². The van der Waals surface area contributed by atoms with Gasteiger partial charge in [0.25, 0.3) is 5.56 Å². The SMILES string of the molecule is Cc1ccc(CN2CCC(CNC(=O)[C@H](C)n3c4ccccc4c4cnn(C)c(=O)c43)CC2)cc1. The molecule has 1 amide bonds. The van der Waals surface area contributed by atoms with Crippen LogP contribution in [0.15, 0.2) is 59.5 Å². The largest absolute Gasteiger partial charge is 0.354 e. The highest BCUT2D eigenvalue weighted by Crippen LogP contribution is 2.29. The number of likely N-dealkylation sites (tertiary alicyclic amines) is 1. The molecule has 3 heterocycles. The number of nitrogens with zero attached hydrogens (tertiary/aromatic N) is 4. The van der Waals surface area contributed by atoms with Crippen LogP contribution in [0.1, 0.15) is 36.9 Å². The Kier molecular flexibility index (Phi) is 6.43. The summed E-state index contributed by atoms with van der Waals surface area (Å²) in [5.74, 6) is 0.407. The zero-order valence-corrected chi connectivity index (χ0v) is 20.7. The summed E-state index contributed by atoms with van der Waals surface area (Å²) >= 11 is 0. The second-order valence-electron chi connectivity index (χ2n) is 9.85. The highest BCUT2D eigenvalue weighted by molar-refractivity contribution is 6.08. The Hall–Kier alpha value is -3.45. The van der Waals surface area contributed by atoms with Gasteiger partial charge in [-0.2, -0.15) is 5.10 Å². The van der Waals surface area contributed by atoms with Gasteiger partial charge in [-0.3, -0.25) is 14.5 Å². The lowest BCUT2D eigenvalue weighted by Crippen LogP contribution is -2.40. The number of para-hydroxylation sites is 1. The molecule has 7 nitrogen and oxygen atoms in total. The molecule has 1 atom stereocenters. The number of benzene rings is 2. The Balaban J connectivity index is 1.25. The molecule has 7 heteroatoms. The third-order valence-corrected chi connectivity index (χ3v) is 7.37. The van der Waals surface area contributed by atoms with Gasteiger partial charge in [0.15, 0.2) is 0 Å². The predicted molar refractivity (Wildman–Crippen MR) is 139 cm³/mol. The molecule has 1 aliphatic heterocycles. The quantitative estimate of drug-likeness (QED) is 0.465. The van der Waals surface area contributed by atoms with Crippen molar-refractivity contribution in [2.45, 2.75) is 39.3 Å². The van der Waals surface area contributed by atoms with Crippen LogP contribution in [0.5, 0.6) is 0 Å². The lowest BCUT2D eigenvalue weighted by Gasteiger charge is -2.32. The first kappa shape index (κ1) is 23.3. The second-order valence-corrected chi connectivity index (χ2v) is 9.85. The number of hydrogen-bond acceptors (Lipinski definition) is 4. The van der Waals surface area contributed by atoms with Crippen molar-refractivity contribution in [1.82, 2.24) is 24.6 Å². The lowest BCUT2D eigenvalue weighted by atomic mass is 9.96. The van der Waals surface area contributed by atoms with Crippen LogP contribution in [0.3, 0.4) is 0 Å². The number of fused-ring (bicyclic) bond motifs is 3. The summed E-state index contributed by atoms with van der Waals surface area (Å²) < 4.78 is 3.20. The fourth-order valence-corrected chi connectivity index (χ4v) is 5.20. The Labute approximate surface area is 205 Å². The molecule has 0 bridgehead atoms. The molecule has 0 radical (unpaired) electrons. The van der Waals surface area contributed by atoms with Crippen LogP contribution < -0.4 is 10.9 Å². The van der Waals surface area contributed by atoms with Gasteiger partial charge in [0.2, 0.25) is 5.91 Å². The Morgan fingerprint density at radius 1 is 1.09 bits per heavy atom. The number of carbonyl (C=O) groups is 1. The first-order valence-electron chi connectivity index (χ1n) is 12.4. The second kappa shape index (κ2) is 9.66. The summed E-state index contributed by atoms with van der Waals surface area (Å²) in [6, 6.07) is 16.1. The summed E-state index contributed by atoms with van der Waals surface area (Å²) in [6.45, 7) is 7.71. The lowest BCUT2D eigenvalue weighted by molar-refractivity contribution is -0.123. The third-order valence-electron chi connectivity index (χ3n) is 7.37. The van der Waals surface area contributed by atoms with E-state index in [0.29, 0.717) is 18.0 Å². The van der Waals surface area contributed by atoms with E-state index in [2.05, 4.69) is 46.5 Å². The monoisotopic (exact) mass is 471 g/mol. The van der Waals surface area contributed by atoms with E-state index in [4.69, 9.17) is 0 Å². The van der Waals surface area contributed by atoms with E-state index in [1.807, 2.05) is 35.8 Å². The van der Waals surface area contributed by atoms with Crippen LogP contribution >= 0.6 is 0 Å². The number of aromatic nitrogens is 3. The summed E-state index contributed by atoms with van der Waals surface area (Å²) in [5.41, 5.74) is 3.84. The standard InChI is InChI=1S/C28H33N5O2/c1-19-8-10-22(11-9-19)18-32-14-12-21(13-15-32)16-29-27(34)20(2)33-25-7-5-4-6-23(25)24-17-30-31(3)28(35)26(24)33/h4-11,17,20-21H,12-16,18H2,1-3H3,(H,29,34)/t20-/m0/s1. The normalized spacial score (nSPS) is 16.1. The van der Waals surface area contributed by atoms with Crippen LogP contribution in [-0.2, 0) is 18.4 Å². The van der Waals surface area contributed by atoms with E-state index < -0.39 is 6.04 Å². The fourth-order valence-electron chi connectivity index (χ4n) is 5.20. The molecule has 1 fully saturated rings. The molecule has 2 aromatic carbocycles. The van der Waals surface area contributed by atoms with E-state index in [9.17, 15) is 9.59 Å². The Morgan fingerprint density at radius 3 is 2.54 bits per heavy atom. The highest BCUT2D eigenvalue weighted by Gasteiger charge is 2.25. The molecule has 5 rings (SSSR count). The molecule has 0 aliphatic carbocycles. The maximum Gasteiger partial charge on any atom is 0.291 e. The molecule has 1 aliphatic rings. The zero-order valence-electron chi connectivity index (χ0n) is 20.7. The van der Waals surface area contributed by atoms with Crippen molar-refractivity contribution in [1.29, 1.82) is 0 Å². The minimum atomic E-state index is -0.505. The van der Waals surface area contributed by atoms with Crippen LogP contribution in [0, 0.1) is 12.8 Å². The molecular formula is C28H33N5O2. The Bertz CT molecular complexity index is 1410. The molecule has 1 saturated heterocycles. The van der Waals surface area contributed by atoms with Gasteiger partial charge in [-0.05, 0) is 57.3 Å². The maximum absolute atomic E-state index is 13.2. The van der Waals surface area contributed by atoms with Gasteiger partial charge in [-0.15, -0.1) is 0 Å². The van der Waals surface area contributed by atoms with Crippen molar-refractivity contribution in [2.75, 3.05) is 19.6 Å². The average molecular weight is 472 g/mol. The predicted octanol–water partition coefficient (Wildman–Crippen LogP) is 3.79. The van der Waals surface area contributed by atoms with E-state index in [1.54, 1.807) is 13.2 Å². The number of amides is 1. The van der Waals surface area contributed by atoms with E-state index in [1.165, 1.54) is 15.8 Å². The number of piperidine rings is 1. The highest BCUT2D eigenvalue weighted by atomic mass is 16.2. The minimum Gasteiger partial charge on any atom is -0.354 e. The number of hydrogen-bond donors (Lipinski definition) is 1. The molecule has 0 saturated carbocycles. The van der Waals surface area contributed by atoms with Gasteiger partial charge in [0.1, 0.15) is 11.6 Å². The smallest absolute Gasteiger partial charge is 0.291 e.